The Morgan fingerprint density at radius 3 is 2.46 bits per heavy atom. The van der Waals surface area contributed by atoms with Gasteiger partial charge in [-0.1, -0.05) is 48.5 Å². The summed E-state index contributed by atoms with van der Waals surface area (Å²) in [4.78, 5) is 23.4. The molecule has 0 bridgehead atoms. The molecule has 0 spiro atoms. The zero-order valence-electron chi connectivity index (χ0n) is 16.0. The molecule has 0 saturated heterocycles. The molecular formula is C23H22N4O. The number of benzene rings is 2. The minimum Gasteiger partial charge on any atom is -0.333 e. The summed E-state index contributed by atoms with van der Waals surface area (Å²) in [6, 6.07) is 23.9. The molecule has 0 aliphatic rings. The predicted molar refractivity (Wildman–Crippen MR) is 110 cm³/mol. The molecule has 0 saturated carbocycles. The first kappa shape index (κ1) is 17.9. The molecule has 0 aliphatic carbocycles. The second kappa shape index (κ2) is 7.64. The number of nitrogens with zero attached hydrogens (tertiary/aromatic N) is 4. The third kappa shape index (κ3) is 3.39. The molecule has 1 amide bonds. The van der Waals surface area contributed by atoms with Crippen LogP contribution >= 0.6 is 0 Å². The van der Waals surface area contributed by atoms with Crippen molar-refractivity contribution in [3.63, 3.8) is 0 Å². The van der Waals surface area contributed by atoms with Gasteiger partial charge in [0, 0.05) is 13.2 Å². The van der Waals surface area contributed by atoms with E-state index in [9.17, 15) is 4.79 Å². The van der Waals surface area contributed by atoms with E-state index < -0.39 is 0 Å². The van der Waals surface area contributed by atoms with Gasteiger partial charge in [-0.15, -0.1) is 0 Å². The lowest BCUT2D eigenvalue weighted by Crippen LogP contribution is -2.29. The van der Waals surface area contributed by atoms with Crippen LogP contribution < -0.4 is 0 Å². The van der Waals surface area contributed by atoms with Crippen LogP contribution in [0.15, 0.2) is 79.0 Å². The summed E-state index contributed by atoms with van der Waals surface area (Å²) in [6.07, 6.45) is 1.63. The number of hydrogen-bond acceptors (Lipinski definition) is 3. The number of amides is 1. The van der Waals surface area contributed by atoms with Crippen molar-refractivity contribution in [2.75, 3.05) is 7.05 Å². The molecule has 1 unspecified atom stereocenters. The average molecular weight is 370 g/mol. The van der Waals surface area contributed by atoms with Gasteiger partial charge in [0.1, 0.15) is 11.5 Å². The van der Waals surface area contributed by atoms with Crippen LogP contribution in [0.1, 0.15) is 34.8 Å². The van der Waals surface area contributed by atoms with E-state index in [0.29, 0.717) is 12.2 Å². The number of imidazole rings is 1. The Morgan fingerprint density at radius 2 is 1.71 bits per heavy atom. The molecule has 0 fully saturated rings. The van der Waals surface area contributed by atoms with E-state index in [4.69, 9.17) is 4.98 Å². The van der Waals surface area contributed by atoms with Gasteiger partial charge in [0.05, 0.1) is 23.6 Å². The molecule has 0 radical (unpaired) electrons. The van der Waals surface area contributed by atoms with E-state index in [-0.39, 0.29) is 11.9 Å². The average Bonchev–Trinajstić information content (AvgIpc) is 3.11. The van der Waals surface area contributed by atoms with Gasteiger partial charge in [0.15, 0.2) is 0 Å². The van der Waals surface area contributed by atoms with Gasteiger partial charge in [-0.05, 0) is 36.8 Å². The van der Waals surface area contributed by atoms with Gasteiger partial charge < -0.3 is 9.47 Å². The van der Waals surface area contributed by atoms with E-state index >= 15 is 0 Å². The highest BCUT2D eigenvalue weighted by Gasteiger charge is 2.20. The van der Waals surface area contributed by atoms with Gasteiger partial charge in [-0.2, -0.15) is 0 Å². The van der Waals surface area contributed by atoms with Crippen molar-refractivity contribution >= 4 is 16.9 Å². The largest absolute Gasteiger partial charge is 0.333 e. The van der Waals surface area contributed by atoms with Gasteiger partial charge in [-0.3, -0.25) is 9.78 Å². The Bertz CT molecular complexity index is 1090. The van der Waals surface area contributed by atoms with Crippen LogP contribution in [-0.4, -0.2) is 32.4 Å². The third-order valence-corrected chi connectivity index (χ3v) is 4.95. The van der Waals surface area contributed by atoms with Gasteiger partial charge in [0.2, 0.25) is 0 Å². The topological polar surface area (TPSA) is 51.0 Å². The second-order valence-corrected chi connectivity index (χ2v) is 6.85. The highest BCUT2D eigenvalue weighted by Crippen LogP contribution is 2.26. The fourth-order valence-corrected chi connectivity index (χ4v) is 3.49. The molecule has 0 aliphatic heterocycles. The maximum atomic E-state index is 12.7. The minimum absolute atomic E-state index is 0.0990. The lowest BCUT2D eigenvalue weighted by molar-refractivity contribution is 0.0774. The van der Waals surface area contributed by atoms with Crippen LogP contribution in [0.2, 0.25) is 0 Å². The quantitative estimate of drug-likeness (QED) is 0.526. The maximum Gasteiger partial charge on any atom is 0.272 e. The summed E-state index contributed by atoms with van der Waals surface area (Å²) in [7, 11) is 1.79. The van der Waals surface area contributed by atoms with Crippen LogP contribution in [-0.2, 0) is 6.54 Å². The summed E-state index contributed by atoms with van der Waals surface area (Å²) < 4.78 is 2.22. The van der Waals surface area contributed by atoms with Crippen molar-refractivity contribution in [2.45, 2.75) is 19.5 Å². The molecule has 4 aromatic rings. The summed E-state index contributed by atoms with van der Waals surface area (Å²) >= 11 is 0. The monoisotopic (exact) mass is 370 g/mol. The number of fused-ring (bicyclic) bond motifs is 1. The van der Waals surface area contributed by atoms with Crippen LogP contribution in [0.3, 0.4) is 0 Å². The van der Waals surface area contributed by atoms with Gasteiger partial charge in [0.25, 0.3) is 5.91 Å². The number of pyridine rings is 1. The summed E-state index contributed by atoms with van der Waals surface area (Å²) in [6.45, 7) is 2.56. The zero-order valence-corrected chi connectivity index (χ0v) is 16.0. The Labute approximate surface area is 164 Å². The predicted octanol–water partition coefficient (Wildman–Crippen LogP) is 4.31. The molecule has 2 aromatic carbocycles. The van der Waals surface area contributed by atoms with E-state index in [0.717, 1.165) is 16.9 Å². The molecular weight excluding hydrogens is 348 g/mol. The molecule has 2 aromatic heterocycles. The van der Waals surface area contributed by atoms with Crippen LogP contribution in [0.5, 0.6) is 0 Å². The lowest BCUT2D eigenvalue weighted by atomic mass is 10.1. The molecule has 4 rings (SSSR count). The molecule has 0 N–H and O–H groups in total. The van der Waals surface area contributed by atoms with Crippen LogP contribution in [0.4, 0.5) is 0 Å². The SMILES string of the molecule is CC(c1ccccc1)n1c(CN(C)C(=O)c2ccccn2)nc2ccccc21. The second-order valence-electron chi connectivity index (χ2n) is 6.85. The standard InChI is InChI=1S/C23H22N4O/c1-17(18-10-4-3-5-11-18)27-21-14-7-6-12-19(21)25-22(27)16-26(2)23(28)20-13-8-9-15-24-20/h3-15,17H,16H2,1-2H3. The third-order valence-electron chi connectivity index (χ3n) is 4.95. The number of aromatic nitrogens is 3. The highest BCUT2D eigenvalue weighted by molar-refractivity contribution is 5.92. The first-order chi connectivity index (χ1) is 13.6. The fourth-order valence-electron chi connectivity index (χ4n) is 3.49. The van der Waals surface area contributed by atoms with Crippen LogP contribution in [0, 0.1) is 0 Å². The highest BCUT2D eigenvalue weighted by atomic mass is 16.2. The molecule has 5 nitrogen and oxygen atoms in total. The molecule has 2 heterocycles. The molecule has 28 heavy (non-hydrogen) atoms. The Balaban J connectivity index is 1.72. The Morgan fingerprint density at radius 1 is 1.00 bits per heavy atom. The summed E-state index contributed by atoms with van der Waals surface area (Å²) in [5.74, 6) is 0.732. The Kier molecular flexibility index (Phi) is 4.89. The first-order valence-corrected chi connectivity index (χ1v) is 9.32. The van der Waals surface area contributed by atoms with E-state index in [1.807, 2.05) is 42.5 Å². The molecule has 1 atom stereocenters. The number of rotatable bonds is 5. The molecule has 140 valence electrons. The van der Waals surface area contributed by atoms with E-state index in [1.165, 1.54) is 5.56 Å². The lowest BCUT2D eigenvalue weighted by Gasteiger charge is -2.21. The van der Waals surface area contributed by atoms with Crippen molar-refractivity contribution < 1.29 is 4.79 Å². The van der Waals surface area contributed by atoms with E-state index in [2.05, 4.69) is 34.7 Å². The minimum atomic E-state index is -0.119. The maximum absolute atomic E-state index is 12.7. The smallest absolute Gasteiger partial charge is 0.272 e. The van der Waals surface area contributed by atoms with Crippen molar-refractivity contribution in [3.8, 4) is 0 Å². The first-order valence-electron chi connectivity index (χ1n) is 9.32. The number of carbonyl (C=O) groups is 1. The van der Waals surface area contributed by atoms with Gasteiger partial charge >= 0.3 is 0 Å². The molecule has 5 heteroatoms. The summed E-state index contributed by atoms with van der Waals surface area (Å²) in [5, 5.41) is 0. The van der Waals surface area contributed by atoms with E-state index in [1.54, 1.807) is 30.3 Å². The van der Waals surface area contributed by atoms with Crippen molar-refractivity contribution in [2.24, 2.45) is 0 Å². The summed E-state index contributed by atoms with van der Waals surface area (Å²) in [5.41, 5.74) is 3.63. The fraction of sp³-hybridized carbons (Fsp3) is 0.174. The van der Waals surface area contributed by atoms with Crippen molar-refractivity contribution in [1.82, 2.24) is 19.4 Å². The normalized spacial score (nSPS) is 12.1. The number of para-hydroxylation sites is 2. The number of carbonyl (C=O) groups excluding carboxylic acids is 1. The Hall–Kier alpha value is -3.47. The van der Waals surface area contributed by atoms with Gasteiger partial charge in [-0.25, -0.2) is 4.98 Å². The van der Waals surface area contributed by atoms with Crippen LogP contribution in [0.25, 0.3) is 11.0 Å². The number of hydrogen-bond donors (Lipinski definition) is 0. The van der Waals surface area contributed by atoms with Crippen molar-refractivity contribution in [3.05, 3.63) is 96.1 Å². The van der Waals surface area contributed by atoms with Crippen molar-refractivity contribution in [1.29, 1.82) is 0 Å². The zero-order chi connectivity index (χ0) is 19.5.